The van der Waals surface area contributed by atoms with Gasteiger partial charge < -0.3 is 10.2 Å². The Morgan fingerprint density at radius 2 is 2.04 bits per heavy atom. The monoisotopic (exact) mass is 374 g/mol. The van der Waals surface area contributed by atoms with Gasteiger partial charge in [-0.25, -0.2) is 4.39 Å². The molecule has 1 N–H and O–H groups in total. The van der Waals surface area contributed by atoms with Gasteiger partial charge >= 0.3 is 0 Å². The molecule has 3 rings (SSSR count). The first-order valence-corrected chi connectivity index (χ1v) is 8.89. The van der Waals surface area contributed by atoms with Crippen molar-refractivity contribution >= 4 is 29.1 Å². The van der Waals surface area contributed by atoms with Crippen LogP contribution in [0, 0.1) is 11.7 Å². The van der Waals surface area contributed by atoms with Crippen LogP contribution >= 0.6 is 11.6 Å². The van der Waals surface area contributed by atoms with E-state index in [2.05, 4.69) is 5.32 Å². The zero-order valence-electron chi connectivity index (χ0n) is 14.5. The predicted molar refractivity (Wildman–Crippen MR) is 99.4 cm³/mol. The van der Waals surface area contributed by atoms with Gasteiger partial charge in [0.2, 0.25) is 11.8 Å². The number of hydrogen-bond acceptors (Lipinski definition) is 2. The number of carbonyl (C=O) groups excluding carboxylic acids is 2. The molecular formula is C20H20ClFN2O2. The van der Waals surface area contributed by atoms with E-state index in [0.29, 0.717) is 23.4 Å². The van der Waals surface area contributed by atoms with Crippen LogP contribution in [-0.4, -0.2) is 23.8 Å². The summed E-state index contributed by atoms with van der Waals surface area (Å²) in [6.07, 6.45) is 1.30. The van der Waals surface area contributed by atoms with Gasteiger partial charge in [-0.05, 0) is 36.6 Å². The maximum Gasteiger partial charge on any atom is 0.227 e. The highest BCUT2D eigenvalue weighted by atomic mass is 35.5. The maximum absolute atomic E-state index is 13.9. The lowest BCUT2D eigenvalue weighted by Crippen LogP contribution is -2.32. The van der Waals surface area contributed by atoms with Crippen LogP contribution in [0.15, 0.2) is 42.5 Å². The summed E-state index contributed by atoms with van der Waals surface area (Å²) < 4.78 is 13.9. The molecule has 0 saturated carbocycles. The second-order valence-corrected chi connectivity index (χ2v) is 6.94. The van der Waals surface area contributed by atoms with Crippen molar-refractivity contribution in [3.8, 4) is 0 Å². The molecule has 0 saturated heterocycles. The molecule has 0 spiro atoms. The molecule has 2 aromatic rings. The molecule has 4 nitrogen and oxygen atoms in total. The standard InChI is InChI=1S/C20H20ClFN2O2/c1-24(12-15-16(21)6-4-7-17(15)22)19(25)10-9-14-11-13-5-2-3-8-18(13)23-20(14)26/h2-8,14H,9-12H2,1H3,(H,23,26). The van der Waals surface area contributed by atoms with Crippen LogP contribution in [-0.2, 0) is 22.6 Å². The fraction of sp³-hybridized carbons (Fsp3) is 0.300. The topological polar surface area (TPSA) is 49.4 Å². The Morgan fingerprint density at radius 3 is 2.81 bits per heavy atom. The molecule has 0 aliphatic carbocycles. The lowest BCUT2D eigenvalue weighted by molar-refractivity contribution is -0.131. The third-order valence-electron chi connectivity index (χ3n) is 4.70. The lowest BCUT2D eigenvalue weighted by atomic mass is 9.89. The van der Waals surface area contributed by atoms with Crippen molar-refractivity contribution in [1.82, 2.24) is 4.90 Å². The van der Waals surface area contributed by atoms with E-state index in [9.17, 15) is 14.0 Å². The quantitative estimate of drug-likeness (QED) is 0.859. The Balaban J connectivity index is 1.58. The Hall–Kier alpha value is -2.40. The molecule has 1 unspecified atom stereocenters. The van der Waals surface area contributed by atoms with Crippen LogP contribution < -0.4 is 5.32 Å². The third kappa shape index (κ3) is 4.05. The van der Waals surface area contributed by atoms with Crippen LogP contribution in [0.5, 0.6) is 0 Å². The number of halogens is 2. The number of amides is 2. The lowest BCUT2D eigenvalue weighted by Gasteiger charge is -2.25. The van der Waals surface area contributed by atoms with Crippen molar-refractivity contribution in [2.24, 2.45) is 5.92 Å². The molecule has 1 aliphatic rings. The first-order valence-electron chi connectivity index (χ1n) is 8.51. The highest BCUT2D eigenvalue weighted by Gasteiger charge is 2.26. The Labute approximate surface area is 157 Å². The van der Waals surface area contributed by atoms with E-state index in [-0.39, 0.29) is 30.7 Å². The number of anilines is 1. The molecule has 0 radical (unpaired) electrons. The van der Waals surface area contributed by atoms with Crippen molar-refractivity contribution in [1.29, 1.82) is 0 Å². The number of hydrogen-bond donors (Lipinski definition) is 1. The van der Waals surface area contributed by atoms with Gasteiger partial charge in [-0.1, -0.05) is 35.9 Å². The summed E-state index contributed by atoms with van der Waals surface area (Å²) in [5.41, 5.74) is 2.22. The van der Waals surface area contributed by atoms with Gasteiger partial charge in [0, 0.05) is 42.2 Å². The molecule has 1 atom stereocenters. The smallest absolute Gasteiger partial charge is 0.227 e. The average molecular weight is 375 g/mol. The molecule has 136 valence electrons. The molecule has 0 bridgehead atoms. The van der Waals surface area contributed by atoms with Gasteiger partial charge in [0.1, 0.15) is 5.82 Å². The van der Waals surface area contributed by atoms with Gasteiger partial charge in [-0.3, -0.25) is 9.59 Å². The number of nitrogens with one attached hydrogen (secondary N) is 1. The van der Waals surface area contributed by atoms with Crippen LogP contribution in [0.2, 0.25) is 5.02 Å². The normalized spacial score (nSPS) is 16.0. The van der Waals surface area contributed by atoms with Gasteiger partial charge in [-0.15, -0.1) is 0 Å². The van der Waals surface area contributed by atoms with Crippen LogP contribution in [0.25, 0.3) is 0 Å². The molecule has 2 amide bonds. The number of benzene rings is 2. The zero-order chi connectivity index (χ0) is 18.7. The molecule has 1 aliphatic heterocycles. The summed E-state index contributed by atoms with van der Waals surface area (Å²) in [5, 5.41) is 3.19. The third-order valence-corrected chi connectivity index (χ3v) is 5.06. The van der Waals surface area contributed by atoms with E-state index in [1.807, 2.05) is 24.3 Å². The summed E-state index contributed by atoms with van der Waals surface area (Å²) in [4.78, 5) is 26.1. The molecule has 6 heteroatoms. The molecule has 2 aromatic carbocycles. The number of carbonyl (C=O) groups is 2. The summed E-state index contributed by atoms with van der Waals surface area (Å²) in [6.45, 7) is 0.101. The summed E-state index contributed by atoms with van der Waals surface area (Å²) in [7, 11) is 1.61. The minimum atomic E-state index is -0.430. The number of para-hydroxylation sites is 1. The minimum Gasteiger partial charge on any atom is -0.341 e. The van der Waals surface area contributed by atoms with Crippen LogP contribution in [0.4, 0.5) is 10.1 Å². The van der Waals surface area contributed by atoms with Crippen molar-refractivity contribution in [2.75, 3.05) is 12.4 Å². The van der Waals surface area contributed by atoms with Crippen molar-refractivity contribution in [3.63, 3.8) is 0 Å². The van der Waals surface area contributed by atoms with Crippen LogP contribution in [0.1, 0.15) is 24.0 Å². The SMILES string of the molecule is CN(Cc1c(F)cccc1Cl)C(=O)CCC1Cc2ccccc2NC1=O. The Bertz CT molecular complexity index is 820. The van der Waals surface area contributed by atoms with E-state index in [1.165, 1.54) is 17.0 Å². The van der Waals surface area contributed by atoms with E-state index in [4.69, 9.17) is 11.6 Å². The summed E-state index contributed by atoms with van der Waals surface area (Å²) >= 11 is 6.01. The molecule has 0 fully saturated rings. The summed E-state index contributed by atoms with van der Waals surface area (Å²) in [6, 6.07) is 12.1. The fourth-order valence-electron chi connectivity index (χ4n) is 3.14. The second-order valence-electron chi connectivity index (χ2n) is 6.54. The van der Waals surface area contributed by atoms with E-state index in [0.717, 1.165) is 11.3 Å². The van der Waals surface area contributed by atoms with Crippen molar-refractivity contribution in [2.45, 2.75) is 25.8 Å². The van der Waals surface area contributed by atoms with E-state index >= 15 is 0 Å². The molecule has 1 heterocycles. The van der Waals surface area contributed by atoms with Gasteiger partial charge in [0.05, 0.1) is 0 Å². The first-order chi connectivity index (χ1) is 12.5. The number of fused-ring (bicyclic) bond motifs is 1. The maximum atomic E-state index is 13.9. The van der Waals surface area contributed by atoms with Gasteiger partial charge in [0.15, 0.2) is 0 Å². The Morgan fingerprint density at radius 1 is 1.27 bits per heavy atom. The summed E-state index contributed by atoms with van der Waals surface area (Å²) in [5.74, 6) is -0.869. The predicted octanol–water partition coefficient (Wildman–Crippen LogP) is 4.03. The van der Waals surface area contributed by atoms with E-state index < -0.39 is 5.82 Å². The first kappa shape index (κ1) is 18.4. The van der Waals surface area contributed by atoms with Gasteiger partial charge in [-0.2, -0.15) is 0 Å². The number of rotatable bonds is 5. The molecule has 26 heavy (non-hydrogen) atoms. The van der Waals surface area contributed by atoms with Crippen molar-refractivity contribution in [3.05, 3.63) is 64.4 Å². The molecular weight excluding hydrogens is 355 g/mol. The van der Waals surface area contributed by atoms with E-state index in [1.54, 1.807) is 13.1 Å². The van der Waals surface area contributed by atoms with Gasteiger partial charge in [0.25, 0.3) is 0 Å². The number of nitrogens with zero attached hydrogens (tertiary/aromatic N) is 1. The Kier molecular flexibility index (Phi) is 5.57. The molecule has 0 aromatic heterocycles. The van der Waals surface area contributed by atoms with Crippen molar-refractivity contribution < 1.29 is 14.0 Å². The zero-order valence-corrected chi connectivity index (χ0v) is 15.2. The minimum absolute atomic E-state index is 0.0590. The highest BCUT2D eigenvalue weighted by Crippen LogP contribution is 2.28. The fourth-order valence-corrected chi connectivity index (χ4v) is 3.37. The highest BCUT2D eigenvalue weighted by molar-refractivity contribution is 6.31. The largest absolute Gasteiger partial charge is 0.341 e. The second kappa shape index (κ2) is 7.87. The average Bonchev–Trinajstić information content (AvgIpc) is 2.62. The van der Waals surface area contributed by atoms with Crippen LogP contribution in [0.3, 0.4) is 0 Å².